The smallest absolute Gasteiger partial charge is 0.325 e. The molecule has 3 rings (SSSR count). The summed E-state index contributed by atoms with van der Waals surface area (Å²) in [5, 5.41) is 0. The predicted molar refractivity (Wildman–Crippen MR) is 88.0 cm³/mol. The van der Waals surface area contributed by atoms with Crippen molar-refractivity contribution in [3.8, 4) is 5.75 Å². The molecule has 122 valence electrons. The third-order valence-electron chi connectivity index (χ3n) is 4.50. The molecule has 0 amide bonds. The summed E-state index contributed by atoms with van der Waals surface area (Å²) in [5.41, 5.74) is 2.34. The van der Waals surface area contributed by atoms with Gasteiger partial charge in [-0.1, -0.05) is 12.1 Å². The Hall–Kier alpha value is -2.34. The number of likely N-dealkylation sites (tertiary alicyclic amines) is 1. The molecule has 2 heterocycles. The van der Waals surface area contributed by atoms with Crippen molar-refractivity contribution in [3.05, 3.63) is 61.9 Å². The van der Waals surface area contributed by atoms with Crippen molar-refractivity contribution >= 4 is 0 Å². The van der Waals surface area contributed by atoms with Crippen molar-refractivity contribution in [3.63, 3.8) is 0 Å². The summed E-state index contributed by atoms with van der Waals surface area (Å²) in [5.74, 6) is 1.09. The van der Waals surface area contributed by atoms with Crippen LogP contribution in [0.4, 0.5) is 0 Å². The van der Waals surface area contributed by atoms with Gasteiger partial charge in [0.1, 0.15) is 5.75 Å². The Kier molecular flexibility index (Phi) is 4.34. The Morgan fingerprint density at radius 2 is 2.13 bits per heavy atom. The van der Waals surface area contributed by atoms with Crippen molar-refractivity contribution in [2.45, 2.75) is 25.8 Å². The number of nitrogens with one attached hydrogen (secondary N) is 2. The number of rotatable bonds is 4. The molecule has 2 N–H and O–H groups in total. The third-order valence-corrected chi connectivity index (χ3v) is 4.50. The van der Waals surface area contributed by atoms with E-state index in [9.17, 15) is 9.59 Å². The number of hydrogen-bond donors (Lipinski definition) is 2. The van der Waals surface area contributed by atoms with Gasteiger partial charge in [-0.15, -0.1) is 0 Å². The highest BCUT2D eigenvalue weighted by molar-refractivity contribution is 5.39. The molecule has 1 aromatic heterocycles. The summed E-state index contributed by atoms with van der Waals surface area (Å²) in [4.78, 5) is 30.2. The van der Waals surface area contributed by atoms with Crippen LogP contribution >= 0.6 is 0 Å². The summed E-state index contributed by atoms with van der Waals surface area (Å²) in [6.07, 6.45) is 0.933. The molecule has 1 unspecified atom stereocenters. The topological polar surface area (TPSA) is 78.2 Å². The van der Waals surface area contributed by atoms with Gasteiger partial charge in [0, 0.05) is 30.8 Å². The minimum absolute atomic E-state index is 0.191. The number of ether oxygens (including phenoxy) is 1. The maximum Gasteiger partial charge on any atom is 0.325 e. The zero-order valence-electron chi connectivity index (χ0n) is 13.4. The second kappa shape index (κ2) is 6.42. The lowest BCUT2D eigenvalue weighted by Crippen LogP contribution is -2.25. The number of aromatic amines is 2. The van der Waals surface area contributed by atoms with Crippen LogP contribution in [0.3, 0.4) is 0 Å². The first kappa shape index (κ1) is 15.6. The molecule has 6 nitrogen and oxygen atoms in total. The molecule has 2 aromatic rings. The molecule has 1 aliphatic heterocycles. The summed E-state index contributed by atoms with van der Waals surface area (Å²) < 4.78 is 5.37. The van der Waals surface area contributed by atoms with E-state index in [1.807, 2.05) is 12.1 Å². The van der Waals surface area contributed by atoms with Crippen LogP contribution in [-0.2, 0) is 6.54 Å². The quantitative estimate of drug-likeness (QED) is 0.893. The third kappa shape index (κ3) is 3.37. The molecule has 0 spiro atoms. The van der Waals surface area contributed by atoms with Crippen molar-refractivity contribution in [1.82, 2.24) is 14.9 Å². The minimum atomic E-state index is -0.436. The van der Waals surface area contributed by atoms with Crippen LogP contribution in [0, 0.1) is 6.92 Å². The van der Waals surface area contributed by atoms with E-state index in [1.165, 1.54) is 11.6 Å². The van der Waals surface area contributed by atoms with E-state index in [0.29, 0.717) is 0 Å². The lowest BCUT2D eigenvalue weighted by molar-refractivity contribution is 0.324. The fraction of sp³-hybridized carbons (Fsp3) is 0.412. The van der Waals surface area contributed by atoms with Gasteiger partial charge in [-0.05, 0) is 37.1 Å². The normalized spacial score (nSPS) is 18.3. The molecule has 0 saturated carbocycles. The highest BCUT2D eigenvalue weighted by Gasteiger charge is 2.25. The van der Waals surface area contributed by atoms with Crippen LogP contribution < -0.4 is 16.0 Å². The first-order chi connectivity index (χ1) is 11.1. The van der Waals surface area contributed by atoms with E-state index < -0.39 is 5.69 Å². The van der Waals surface area contributed by atoms with Gasteiger partial charge in [0.05, 0.1) is 7.11 Å². The number of benzene rings is 1. The average Bonchev–Trinajstić information content (AvgIpc) is 2.97. The molecule has 1 fully saturated rings. The van der Waals surface area contributed by atoms with Gasteiger partial charge in [-0.25, -0.2) is 4.79 Å². The van der Waals surface area contributed by atoms with E-state index in [4.69, 9.17) is 4.74 Å². The van der Waals surface area contributed by atoms with Crippen LogP contribution in [0.2, 0.25) is 0 Å². The number of aromatic nitrogens is 2. The van der Waals surface area contributed by atoms with Crippen molar-refractivity contribution < 1.29 is 4.74 Å². The Balaban J connectivity index is 1.73. The molecular formula is C17H21N3O3. The second-order valence-electron chi connectivity index (χ2n) is 6.01. The average molecular weight is 315 g/mol. The largest absolute Gasteiger partial charge is 0.496 e. The van der Waals surface area contributed by atoms with Gasteiger partial charge >= 0.3 is 5.69 Å². The summed E-state index contributed by atoms with van der Waals surface area (Å²) in [6.45, 7) is 4.68. The lowest BCUT2D eigenvalue weighted by Gasteiger charge is -2.18. The van der Waals surface area contributed by atoms with Gasteiger partial charge < -0.3 is 9.72 Å². The van der Waals surface area contributed by atoms with E-state index in [2.05, 4.69) is 27.9 Å². The number of nitrogens with zero attached hydrogens (tertiary/aromatic N) is 1. The van der Waals surface area contributed by atoms with E-state index in [-0.39, 0.29) is 11.5 Å². The summed E-state index contributed by atoms with van der Waals surface area (Å²) >= 11 is 0. The first-order valence-electron chi connectivity index (χ1n) is 7.75. The molecule has 0 radical (unpaired) electrons. The second-order valence-corrected chi connectivity index (χ2v) is 6.01. The Morgan fingerprint density at radius 3 is 2.87 bits per heavy atom. The van der Waals surface area contributed by atoms with E-state index in [1.54, 1.807) is 7.11 Å². The molecule has 23 heavy (non-hydrogen) atoms. The fourth-order valence-electron chi connectivity index (χ4n) is 3.23. The van der Waals surface area contributed by atoms with Crippen LogP contribution in [0.25, 0.3) is 0 Å². The SMILES string of the molecule is COc1cccc(CN2CCC(c3cc(=O)[nH]c(=O)[nH]3)C2)c1C. The summed E-state index contributed by atoms with van der Waals surface area (Å²) in [7, 11) is 1.68. The molecule has 0 aliphatic carbocycles. The van der Waals surface area contributed by atoms with Crippen molar-refractivity contribution in [2.24, 2.45) is 0 Å². The molecular weight excluding hydrogens is 294 g/mol. The zero-order chi connectivity index (χ0) is 16.4. The van der Waals surface area contributed by atoms with E-state index in [0.717, 1.165) is 43.1 Å². The standard InChI is InChI=1S/C17H21N3O3/c1-11-12(4-3-5-15(11)23-2)9-20-7-6-13(10-20)14-8-16(21)19-17(22)18-14/h3-5,8,13H,6-7,9-10H2,1-2H3,(H2,18,19,21,22). The molecule has 6 heteroatoms. The Labute approximate surface area is 134 Å². The molecule has 1 aliphatic rings. The molecule has 0 bridgehead atoms. The van der Waals surface area contributed by atoms with Gasteiger partial charge in [0.2, 0.25) is 0 Å². The number of methoxy groups -OCH3 is 1. The zero-order valence-corrected chi connectivity index (χ0v) is 13.4. The lowest BCUT2D eigenvalue weighted by atomic mass is 10.0. The van der Waals surface area contributed by atoms with Crippen LogP contribution in [0.5, 0.6) is 5.75 Å². The highest BCUT2D eigenvalue weighted by Crippen LogP contribution is 2.28. The number of hydrogen-bond acceptors (Lipinski definition) is 4. The maximum absolute atomic E-state index is 11.5. The first-order valence-corrected chi connectivity index (χ1v) is 7.75. The number of H-pyrrole nitrogens is 2. The monoisotopic (exact) mass is 315 g/mol. The maximum atomic E-state index is 11.5. The highest BCUT2D eigenvalue weighted by atomic mass is 16.5. The predicted octanol–water partition coefficient (Wildman–Crippen LogP) is 1.37. The minimum Gasteiger partial charge on any atom is -0.496 e. The van der Waals surface area contributed by atoms with Gasteiger partial charge in [0.25, 0.3) is 5.56 Å². The summed E-state index contributed by atoms with van der Waals surface area (Å²) in [6, 6.07) is 7.57. The van der Waals surface area contributed by atoms with Crippen molar-refractivity contribution in [2.75, 3.05) is 20.2 Å². The van der Waals surface area contributed by atoms with E-state index >= 15 is 0 Å². The van der Waals surface area contributed by atoms with Gasteiger partial charge in [-0.3, -0.25) is 14.7 Å². The molecule has 1 aromatic carbocycles. The van der Waals surface area contributed by atoms with Crippen molar-refractivity contribution in [1.29, 1.82) is 0 Å². The fourth-order valence-corrected chi connectivity index (χ4v) is 3.23. The molecule has 1 saturated heterocycles. The van der Waals surface area contributed by atoms with Gasteiger partial charge in [0.15, 0.2) is 0 Å². The van der Waals surface area contributed by atoms with Crippen LogP contribution in [0.15, 0.2) is 33.9 Å². The Morgan fingerprint density at radius 1 is 1.30 bits per heavy atom. The Bertz CT molecular complexity index is 781. The van der Waals surface area contributed by atoms with Gasteiger partial charge in [-0.2, -0.15) is 0 Å². The van der Waals surface area contributed by atoms with Crippen LogP contribution in [0.1, 0.15) is 29.2 Å². The van der Waals surface area contributed by atoms with Crippen LogP contribution in [-0.4, -0.2) is 35.1 Å². The molecule has 1 atom stereocenters.